The van der Waals surface area contributed by atoms with Gasteiger partial charge in [0.25, 0.3) is 0 Å². The smallest absolute Gasteiger partial charge is 0.387 e. The van der Waals surface area contributed by atoms with Crippen LogP contribution in [-0.4, -0.2) is 73.4 Å². The third kappa shape index (κ3) is 48.1. The van der Waals surface area contributed by atoms with Crippen LogP contribution in [0.25, 0.3) is 0 Å². The number of rotatable bonds is 48. The Hall–Kier alpha value is -1.80. The summed E-state index contributed by atoms with van der Waals surface area (Å²) in [6, 6.07) is -0.871. The number of likely N-dealkylation sites (N-methyl/N-ethyl adjacent to an activating group) is 1. The maximum Gasteiger partial charge on any atom is 0.472 e. The van der Waals surface area contributed by atoms with Gasteiger partial charge in [0, 0.05) is 6.42 Å². The van der Waals surface area contributed by atoms with Crippen molar-refractivity contribution in [2.45, 2.75) is 244 Å². The molecular weight excluding hydrogens is 816 g/mol. The highest BCUT2D eigenvalue weighted by atomic mass is 31.2. The Labute approximate surface area is 396 Å². The maximum absolute atomic E-state index is 12.9. The third-order valence-corrected chi connectivity index (χ3v) is 12.7. The number of carbonyl (C=O) groups is 1. The van der Waals surface area contributed by atoms with Crippen molar-refractivity contribution in [3.05, 3.63) is 60.8 Å². The minimum atomic E-state index is -4.36. The van der Waals surface area contributed by atoms with E-state index in [1.807, 2.05) is 27.2 Å². The first-order valence-electron chi connectivity index (χ1n) is 26.7. The molecule has 0 fully saturated rings. The summed E-state index contributed by atoms with van der Waals surface area (Å²) in [4.78, 5) is 23.2. The highest BCUT2D eigenvalue weighted by Crippen LogP contribution is 2.43. The lowest BCUT2D eigenvalue weighted by atomic mass is 10.0. The van der Waals surface area contributed by atoms with Crippen LogP contribution in [-0.2, 0) is 18.4 Å². The Balaban J connectivity index is 4.24. The lowest BCUT2D eigenvalue weighted by Gasteiger charge is -2.25. The molecule has 0 aliphatic rings. The first-order chi connectivity index (χ1) is 31.0. The van der Waals surface area contributed by atoms with Crippen LogP contribution >= 0.6 is 7.82 Å². The quantitative estimate of drug-likeness (QED) is 0.0243. The van der Waals surface area contributed by atoms with Gasteiger partial charge < -0.3 is 19.8 Å². The molecular formula is C55H104N2O6P+. The molecule has 0 saturated carbocycles. The van der Waals surface area contributed by atoms with Crippen molar-refractivity contribution in [3.8, 4) is 0 Å². The molecule has 0 aliphatic heterocycles. The molecule has 0 rings (SSSR count). The van der Waals surface area contributed by atoms with Gasteiger partial charge in [0.1, 0.15) is 13.2 Å². The molecule has 0 aromatic carbocycles. The Bertz CT molecular complexity index is 1230. The Morgan fingerprint density at radius 1 is 0.547 bits per heavy atom. The molecule has 0 aliphatic carbocycles. The van der Waals surface area contributed by atoms with Crippen LogP contribution in [0.2, 0.25) is 0 Å². The number of hydrogen-bond donors (Lipinski definition) is 3. The minimum Gasteiger partial charge on any atom is -0.387 e. The summed E-state index contributed by atoms with van der Waals surface area (Å²) in [5.74, 6) is -0.217. The highest BCUT2D eigenvalue weighted by Gasteiger charge is 2.27. The van der Waals surface area contributed by atoms with E-state index in [2.05, 4.69) is 67.8 Å². The first kappa shape index (κ1) is 62.2. The SMILES string of the molecule is CC/C=C\C/C=C\C/C=C\C/C=C\CCCCC(=O)NC(COP(=O)(O)OCC[N+](C)(C)C)C(O)/C=C/CCCCCCCCCCCCCCCCCCCCCCCCCCC. The van der Waals surface area contributed by atoms with E-state index in [0.717, 1.165) is 57.8 Å². The molecule has 0 spiro atoms. The molecule has 1 amide bonds. The number of nitrogens with zero attached hydrogens (tertiary/aromatic N) is 1. The van der Waals surface area contributed by atoms with Gasteiger partial charge in [0.2, 0.25) is 5.91 Å². The summed E-state index contributed by atoms with van der Waals surface area (Å²) >= 11 is 0. The Morgan fingerprint density at radius 2 is 0.938 bits per heavy atom. The van der Waals surface area contributed by atoms with Crippen molar-refractivity contribution in [2.75, 3.05) is 40.9 Å². The van der Waals surface area contributed by atoms with Gasteiger partial charge >= 0.3 is 7.82 Å². The van der Waals surface area contributed by atoms with E-state index in [4.69, 9.17) is 9.05 Å². The fourth-order valence-electron chi connectivity index (χ4n) is 7.56. The molecule has 0 radical (unpaired) electrons. The number of nitrogens with one attached hydrogen (secondary N) is 1. The predicted octanol–water partition coefficient (Wildman–Crippen LogP) is 15.8. The van der Waals surface area contributed by atoms with Crippen molar-refractivity contribution in [3.63, 3.8) is 0 Å². The van der Waals surface area contributed by atoms with Crippen molar-refractivity contribution in [1.82, 2.24) is 5.32 Å². The van der Waals surface area contributed by atoms with E-state index in [-0.39, 0.29) is 19.1 Å². The van der Waals surface area contributed by atoms with E-state index in [9.17, 15) is 19.4 Å². The number of unbranched alkanes of at least 4 members (excludes halogenated alkanes) is 27. The molecule has 64 heavy (non-hydrogen) atoms. The number of aliphatic hydroxyl groups excluding tert-OH is 1. The van der Waals surface area contributed by atoms with Gasteiger partial charge in [-0.15, -0.1) is 0 Å². The predicted molar refractivity (Wildman–Crippen MR) is 277 cm³/mol. The van der Waals surface area contributed by atoms with Crippen molar-refractivity contribution in [2.24, 2.45) is 0 Å². The van der Waals surface area contributed by atoms with E-state index in [0.29, 0.717) is 23.9 Å². The highest BCUT2D eigenvalue weighted by molar-refractivity contribution is 7.47. The van der Waals surface area contributed by atoms with E-state index >= 15 is 0 Å². The normalized spacial score (nSPS) is 14.5. The first-order valence-corrected chi connectivity index (χ1v) is 28.2. The molecule has 0 heterocycles. The molecule has 9 heteroatoms. The van der Waals surface area contributed by atoms with Gasteiger partial charge in [-0.3, -0.25) is 13.8 Å². The van der Waals surface area contributed by atoms with Crippen LogP contribution in [0.4, 0.5) is 0 Å². The molecule has 8 nitrogen and oxygen atoms in total. The van der Waals surface area contributed by atoms with Crippen LogP contribution in [0, 0.1) is 0 Å². The number of phosphoric acid groups is 1. The zero-order valence-corrected chi connectivity index (χ0v) is 43.4. The van der Waals surface area contributed by atoms with E-state index < -0.39 is 20.0 Å². The summed E-state index contributed by atoms with van der Waals surface area (Å²) in [7, 11) is 1.54. The second-order valence-corrected chi connectivity index (χ2v) is 20.7. The average Bonchev–Trinajstić information content (AvgIpc) is 3.25. The fraction of sp³-hybridized carbons (Fsp3) is 0.800. The zero-order chi connectivity index (χ0) is 47.1. The average molecular weight is 920 g/mol. The Kier molecular flexibility index (Phi) is 45.0. The van der Waals surface area contributed by atoms with Crippen molar-refractivity contribution in [1.29, 1.82) is 0 Å². The summed E-state index contributed by atoms with van der Waals surface area (Å²) in [5, 5.41) is 13.9. The van der Waals surface area contributed by atoms with Gasteiger partial charge in [0.05, 0.1) is 39.9 Å². The summed E-state index contributed by atoms with van der Waals surface area (Å²) in [5.41, 5.74) is 0. The van der Waals surface area contributed by atoms with Crippen molar-refractivity contribution < 1.29 is 32.9 Å². The van der Waals surface area contributed by atoms with Crippen LogP contribution in [0.15, 0.2) is 60.8 Å². The summed E-state index contributed by atoms with van der Waals surface area (Å²) in [6.07, 6.45) is 61.8. The second kappa shape index (κ2) is 46.3. The lowest BCUT2D eigenvalue weighted by Crippen LogP contribution is -2.45. The molecule has 3 atom stereocenters. The number of phosphoric ester groups is 1. The number of amides is 1. The topological polar surface area (TPSA) is 105 Å². The van der Waals surface area contributed by atoms with Gasteiger partial charge in [-0.25, -0.2) is 4.57 Å². The van der Waals surface area contributed by atoms with Gasteiger partial charge in [-0.1, -0.05) is 229 Å². The number of aliphatic hydroxyl groups is 1. The van der Waals surface area contributed by atoms with Gasteiger partial charge in [-0.2, -0.15) is 0 Å². The molecule has 3 unspecified atom stereocenters. The Morgan fingerprint density at radius 3 is 1.38 bits per heavy atom. The van der Waals surface area contributed by atoms with Gasteiger partial charge in [0.15, 0.2) is 0 Å². The van der Waals surface area contributed by atoms with E-state index in [1.165, 1.54) is 148 Å². The summed E-state index contributed by atoms with van der Waals surface area (Å²) in [6.45, 7) is 4.68. The third-order valence-electron chi connectivity index (χ3n) is 11.7. The number of allylic oxidation sites excluding steroid dienone is 9. The number of quaternary nitrogens is 1. The maximum atomic E-state index is 12.9. The minimum absolute atomic E-state index is 0.0512. The van der Waals surface area contributed by atoms with Crippen molar-refractivity contribution >= 4 is 13.7 Å². The fourth-order valence-corrected chi connectivity index (χ4v) is 8.30. The van der Waals surface area contributed by atoms with Crippen LogP contribution < -0.4 is 5.32 Å². The van der Waals surface area contributed by atoms with Crippen LogP contribution in [0.3, 0.4) is 0 Å². The second-order valence-electron chi connectivity index (χ2n) is 19.2. The van der Waals surface area contributed by atoms with Crippen LogP contribution in [0.1, 0.15) is 232 Å². The summed E-state index contributed by atoms with van der Waals surface area (Å²) < 4.78 is 23.6. The van der Waals surface area contributed by atoms with E-state index in [1.54, 1.807) is 6.08 Å². The molecule has 0 saturated heterocycles. The molecule has 3 N–H and O–H groups in total. The van der Waals surface area contributed by atoms with Crippen LogP contribution in [0.5, 0.6) is 0 Å². The molecule has 0 bridgehead atoms. The number of hydrogen-bond acceptors (Lipinski definition) is 5. The molecule has 0 aromatic rings. The molecule has 374 valence electrons. The zero-order valence-electron chi connectivity index (χ0n) is 42.5. The standard InChI is InChI=1S/C55H103N2O6P/c1-6-8-10-12-14-16-18-20-22-23-24-25-26-27-28-29-30-31-32-33-35-36-38-40-42-44-46-48-54(58)53(52-63-64(60,61)62-51-50-57(3,4)5)56-55(59)49-47-45-43-41-39-37-34-21-19-17-15-13-11-9-7-2/h9,11,15,17,21,34,39,41,46,48,53-54,58H,6-8,10,12-14,16,18-20,22-33,35-38,40,42-45,47,49-52H2,1-5H3,(H-,56,59,60,61)/p+1/b11-9-,17-15-,34-21-,41-39-,48-46+. The lowest BCUT2D eigenvalue weighted by molar-refractivity contribution is -0.870. The largest absolute Gasteiger partial charge is 0.472 e. The monoisotopic (exact) mass is 920 g/mol. The molecule has 0 aromatic heterocycles. The van der Waals surface area contributed by atoms with Gasteiger partial charge in [-0.05, 0) is 57.8 Å². The number of carbonyl (C=O) groups excluding carboxylic acids is 1.